The van der Waals surface area contributed by atoms with Crippen molar-refractivity contribution in [1.82, 2.24) is 4.90 Å². The first kappa shape index (κ1) is 41.9. The summed E-state index contributed by atoms with van der Waals surface area (Å²) in [6, 6.07) is -1.68. The molecule has 0 aliphatic carbocycles. The summed E-state index contributed by atoms with van der Waals surface area (Å²) in [6.07, 6.45) is -5.62. The van der Waals surface area contributed by atoms with Crippen molar-refractivity contribution in [2.24, 2.45) is 34.6 Å². The molecule has 278 valence electrons. The number of carbonyl (C=O) groups excluding carboxylic acids is 2. The Bertz CT molecular complexity index is 1140. The van der Waals surface area contributed by atoms with Crippen LogP contribution in [0.3, 0.4) is 0 Å². The number of hydrogen-bond acceptors (Lipinski definition) is 14. The fourth-order valence-electron chi connectivity index (χ4n) is 6.88. The van der Waals surface area contributed by atoms with E-state index in [-0.39, 0.29) is 30.7 Å². The molecule has 48 heavy (non-hydrogen) atoms. The zero-order valence-corrected chi connectivity index (χ0v) is 30.3. The van der Waals surface area contributed by atoms with Gasteiger partial charge in [0.05, 0.1) is 29.6 Å². The number of nitrogens with zero attached hydrogens (tertiary/aromatic N) is 2. The number of likely N-dealkylation sites (N-methyl/N-ethyl adjacent to an activating group) is 1. The van der Waals surface area contributed by atoms with Gasteiger partial charge in [-0.1, -0.05) is 32.9 Å². The zero-order chi connectivity index (χ0) is 36.9. The number of nitrogens with two attached hydrogens (primary N) is 1. The third kappa shape index (κ3) is 9.50. The van der Waals surface area contributed by atoms with Gasteiger partial charge in [0.15, 0.2) is 12.1 Å². The van der Waals surface area contributed by atoms with Crippen LogP contribution in [0.4, 0.5) is 0 Å². The number of hydrogen-bond donors (Lipinski definition) is 5. The van der Waals surface area contributed by atoms with Crippen LogP contribution in [0, 0.1) is 23.7 Å². The minimum absolute atomic E-state index is 0.101. The molecule has 0 radical (unpaired) electrons. The minimum atomic E-state index is -2.00. The van der Waals surface area contributed by atoms with Crippen molar-refractivity contribution in [1.29, 1.82) is 0 Å². The molecule has 0 saturated carbocycles. The van der Waals surface area contributed by atoms with Crippen LogP contribution in [-0.4, -0.2) is 137 Å². The van der Waals surface area contributed by atoms with E-state index in [1.54, 1.807) is 34.6 Å². The van der Waals surface area contributed by atoms with Crippen LogP contribution in [0.15, 0.2) is 5.16 Å². The predicted molar refractivity (Wildman–Crippen MR) is 175 cm³/mol. The number of carbonyl (C=O) groups is 3. The first-order valence-electron chi connectivity index (χ1n) is 16.7. The molecule has 0 unspecified atom stereocenters. The van der Waals surface area contributed by atoms with E-state index in [4.69, 9.17) is 29.5 Å². The van der Waals surface area contributed by atoms with E-state index in [0.29, 0.717) is 6.42 Å². The lowest BCUT2D eigenvalue weighted by Crippen LogP contribution is -2.60. The van der Waals surface area contributed by atoms with Gasteiger partial charge in [-0.05, 0) is 61.1 Å². The Morgan fingerprint density at radius 2 is 1.73 bits per heavy atom. The van der Waals surface area contributed by atoms with Gasteiger partial charge in [0, 0.05) is 30.9 Å². The van der Waals surface area contributed by atoms with Gasteiger partial charge in [-0.25, -0.2) is 0 Å². The number of ether oxygens (including phenoxy) is 4. The second-order valence-electron chi connectivity index (χ2n) is 14.2. The van der Waals surface area contributed by atoms with Gasteiger partial charge >= 0.3 is 11.9 Å². The molecular weight excluding hydrogens is 630 g/mol. The molecule has 2 rings (SSSR count). The molecule has 0 spiro atoms. The number of aliphatic carboxylic acids is 1. The van der Waals surface area contributed by atoms with Gasteiger partial charge in [-0.15, -0.1) is 0 Å². The van der Waals surface area contributed by atoms with E-state index in [2.05, 4.69) is 5.16 Å². The Kier molecular flexibility index (Phi) is 15.0. The summed E-state index contributed by atoms with van der Waals surface area (Å²) < 4.78 is 24.4. The quantitative estimate of drug-likeness (QED) is 0.129. The molecule has 0 amide bonds. The highest BCUT2D eigenvalue weighted by Crippen LogP contribution is 2.38. The number of aliphatic hydroxyl groups excluding tert-OH is 2. The Balaban J connectivity index is 2.73. The second kappa shape index (κ2) is 17.1. The molecule has 15 nitrogen and oxygen atoms in total. The maximum atomic E-state index is 14.0. The number of cyclic esters (lactones) is 1. The minimum Gasteiger partial charge on any atom is -0.480 e. The summed E-state index contributed by atoms with van der Waals surface area (Å²) in [5.41, 5.74) is 2.54. The smallest absolute Gasteiger partial charge is 0.324 e. The number of methoxy groups -OCH3 is 1. The Labute approximate surface area is 284 Å². The van der Waals surface area contributed by atoms with Crippen LogP contribution in [0.1, 0.15) is 74.7 Å². The molecule has 0 bridgehead atoms. The fourth-order valence-corrected chi connectivity index (χ4v) is 6.88. The first-order valence-corrected chi connectivity index (χ1v) is 16.7. The Morgan fingerprint density at radius 1 is 1.12 bits per heavy atom. The third-order valence-corrected chi connectivity index (χ3v) is 10.1. The van der Waals surface area contributed by atoms with E-state index < -0.39 is 96.0 Å². The van der Waals surface area contributed by atoms with Crippen LogP contribution in [0.2, 0.25) is 0 Å². The summed E-state index contributed by atoms with van der Waals surface area (Å²) in [5.74, 6) is -6.50. The normalized spacial score (nSPS) is 42.2. The number of ketones is 1. The Morgan fingerprint density at radius 3 is 2.25 bits per heavy atom. The highest BCUT2D eigenvalue weighted by molar-refractivity contribution is 6.00. The highest BCUT2D eigenvalue weighted by Gasteiger charge is 2.51. The first-order chi connectivity index (χ1) is 22.1. The predicted octanol–water partition coefficient (Wildman–Crippen LogP) is 0.938. The van der Waals surface area contributed by atoms with Gasteiger partial charge in [0.2, 0.25) is 0 Å². The lowest BCUT2D eigenvalue weighted by Gasteiger charge is -2.47. The molecule has 15 heteroatoms. The summed E-state index contributed by atoms with van der Waals surface area (Å²) in [7, 11) is 5.12. The van der Waals surface area contributed by atoms with Gasteiger partial charge in [-0.2, -0.15) is 0 Å². The Hall–Kier alpha value is -2.24. The van der Waals surface area contributed by atoms with Crippen molar-refractivity contribution in [2.45, 2.75) is 135 Å². The van der Waals surface area contributed by atoms with E-state index in [0.717, 1.165) is 0 Å². The maximum absolute atomic E-state index is 14.0. The molecular formula is C33H59N3O12. The summed E-state index contributed by atoms with van der Waals surface area (Å²) in [6.45, 7) is 12.5. The fraction of sp³-hybridized carbons (Fsp3) is 0.879. The molecule has 2 fully saturated rings. The monoisotopic (exact) mass is 689 g/mol. The van der Waals surface area contributed by atoms with Crippen molar-refractivity contribution >= 4 is 23.4 Å². The summed E-state index contributed by atoms with van der Waals surface area (Å²) in [5, 5.41) is 47.9. The number of Topliss-reactive ketones (excluding diaryl/α,β-unsaturated/α-hetero) is 1. The van der Waals surface area contributed by atoms with Crippen LogP contribution in [-0.2, 0) is 38.2 Å². The lowest BCUT2D eigenvalue weighted by molar-refractivity contribution is -0.295. The zero-order valence-electron chi connectivity index (χ0n) is 30.3. The molecule has 2 saturated heterocycles. The van der Waals surface area contributed by atoms with E-state index in [9.17, 15) is 34.8 Å². The van der Waals surface area contributed by atoms with E-state index in [1.165, 1.54) is 21.0 Å². The van der Waals surface area contributed by atoms with E-state index >= 15 is 0 Å². The summed E-state index contributed by atoms with van der Waals surface area (Å²) in [4.78, 5) is 46.0. The van der Waals surface area contributed by atoms with E-state index in [1.807, 2.05) is 25.9 Å². The van der Waals surface area contributed by atoms with Crippen molar-refractivity contribution in [3.8, 4) is 0 Å². The number of carboxylic acid groups (broad SMARTS) is 1. The molecule has 0 aromatic carbocycles. The van der Waals surface area contributed by atoms with Crippen LogP contribution >= 0.6 is 0 Å². The van der Waals surface area contributed by atoms with Crippen LogP contribution in [0.25, 0.3) is 0 Å². The van der Waals surface area contributed by atoms with Crippen molar-refractivity contribution in [3.63, 3.8) is 0 Å². The molecule has 6 N–H and O–H groups in total. The average molecular weight is 690 g/mol. The molecule has 0 aromatic heterocycles. The molecule has 14 atom stereocenters. The van der Waals surface area contributed by atoms with Gasteiger partial charge in [-0.3, -0.25) is 14.4 Å². The molecule has 2 heterocycles. The number of rotatable bonds is 9. The number of aliphatic hydroxyl groups is 3. The van der Waals surface area contributed by atoms with Crippen LogP contribution < -0.4 is 5.73 Å². The number of oxime groups is 1. The number of carboxylic acids is 1. The largest absolute Gasteiger partial charge is 0.480 e. The molecule has 2 aliphatic rings. The number of esters is 1. The van der Waals surface area contributed by atoms with Gasteiger partial charge in [0.25, 0.3) is 0 Å². The van der Waals surface area contributed by atoms with Gasteiger partial charge < -0.3 is 54.8 Å². The SMILES string of the molecule is CC[C@H]1OC(=O)[C@H](C)C(=O)[C@H](C)[C@@H](O[C@@H]2O[C@H](C)C[C@H](N(C)C)[C@H]2O)[C@](C)(OC)C[C@@H](C)/C(=N/OC[C@@H](N)C(=O)O)[C@H](C)[C@@H](O)[C@]1(C)O. The van der Waals surface area contributed by atoms with Crippen molar-refractivity contribution in [2.75, 3.05) is 27.8 Å². The lowest BCUT2D eigenvalue weighted by atomic mass is 9.74. The average Bonchev–Trinajstić information content (AvgIpc) is 3.02. The molecule has 2 aliphatic heterocycles. The third-order valence-electron chi connectivity index (χ3n) is 10.1. The van der Waals surface area contributed by atoms with Crippen molar-refractivity contribution in [3.05, 3.63) is 0 Å². The topological polar surface area (TPSA) is 220 Å². The van der Waals surface area contributed by atoms with Crippen molar-refractivity contribution < 1.29 is 58.6 Å². The molecule has 0 aromatic rings. The van der Waals surface area contributed by atoms with Gasteiger partial charge in [0.1, 0.15) is 36.4 Å². The highest BCUT2D eigenvalue weighted by atomic mass is 16.7. The van der Waals surface area contributed by atoms with Crippen LogP contribution in [0.5, 0.6) is 0 Å². The summed E-state index contributed by atoms with van der Waals surface area (Å²) >= 11 is 0. The second-order valence-corrected chi connectivity index (χ2v) is 14.2. The standard InChI is InChI=1S/C33H59N3O12/c1-12-23-33(8,43)27(39)18(4)24(35-45-15-21(34)29(40)41)16(2)14-32(7,44-11)28(19(5)25(37)20(6)30(42)47-23)48-31-26(38)22(36(9)10)13-17(3)46-31/h16-23,26-28,31,38-39,43H,12-15,34H2,1-11H3,(H,40,41)/b35-24-/t16-,17-,18+,19+,20-,21-,22+,23-,26-,27-,28-,31+,32-,33-/m1/s1. The maximum Gasteiger partial charge on any atom is 0.324 e.